The Morgan fingerprint density at radius 3 is 2.62 bits per heavy atom. The molecule has 1 aromatic heterocycles. The van der Waals surface area contributed by atoms with E-state index in [1.54, 1.807) is 18.3 Å². The Morgan fingerprint density at radius 1 is 1.27 bits per heavy atom. The summed E-state index contributed by atoms with van der Waals surface area (Å²) in [7, 11) is -3.77. The predicted molar refractivity (Wildman–Crippen MR) is 94.6 cm³/mol. The third-order valence-electron chi connectivity index (χ3n) is 4.37. The largest absolute Gasteiger partial charge is 0.449 e. The summed E-state index contributed by atoms with van der Waals surface area (Å²) in [5.41, 5.74) is -0.402. The molecule has 1 saturated heterocycles. The van der Waals surface area contributed by atoms with Crippen LogP contribution >= 0.6 is 0 Å². The Balaban J connectivity index is 1.92. The molecule has 0 radical (unpaired) electrons. The van der Waals surface area contributed by atoms with E-state index in [0.29, 0.717) is 24.8 Å². The normalized spacial score (nSPS) is 16.3. The molecule has 1 aliphatic heterocycles. The van der Waals surface area contributed by atoms with Crippen molar-refractivity contribution in [1.82, 2.24) is 9.29 Å². The summed E-state index contributed by atoms with van der Waals surface area (Å²) in [6, 6.07) is 6.95. The molecule has 0 unspecified atom stereocenters. The molecule has 0 N–H and O–H groups in total. The zero-order valence-corrected chi connectivity index (χ0v) is 15.1. The summed E-state index contributed by atoms with van der Waals surface area (Å²) in [6.07, 6.45) is 4.53. The van der Waals surface area contributed by atoms with Crippen molar-refractivity contribution in [3.8, 4) is 11.5 Å². The first-order chi connectivity index (χ1) is 12.4. The Morgan fingerprint density at radius 2 is 2.00 bits per heavy atom. The molecular weight excluding hydrogens is 358 g/mol. The molecule has 26 heavy (non-hydrogen) atoms. The number of nitro groups is 1. The van der Waals surface area contributed by atoms with Crippen molar-refractivity contribution in [3.05, 3.63) is 52.8 Å². The number of piperidine rings is 1. The van der Waals surface area contributed by atoms with Gasteiger partial charge >= 0.3 is 5.69 Å². The monoisotopic (exact) mass is 377 g/mol. The smallest absolute Gasteiger partial charge is 0.312 e. The highest BCUT2D eigenvalue weighted by atomic mass is 32.2. The average Bonchev–Trinajstić information content (AvgIpc) is 2.63. The van der Waals surface area contributed by atoms with E-state index >= 15 is 0 Å². The minimum Gasteiger partial charge on any atom is -0.449 e. The summed E-state index contributed by atoms with van der Waals surface area (Å²) in [4.78, 5) is 14.5. The van der Waals surface area contributed by atoms with Crippen molar-refractivity contribution < 1.29 is 18.1 Å². The van der Waals surface area contributed by atoms with E-state index in [-0.39, 0.29) is 10.6 Å². The molecule has 0 atom stereocenters. The Kier molecular flexibility index (Phi) is 5.19. The van der Waals surface area contributed by atoms with Crippen molar-refractivity contribution in [2.24, 2.45) is 5.92 Å². The SMILES string of the molecule is CC1CCN(S(=O)(=O)c2ccc(Oc3cccnc3)c([N+](=O)[O-])c2)CC1. The van der Waals surface area contributed by atoms with E-state index in [2.05, 4.69) is 11.9 Å². The summed E-state index contributed by atoms with van der Waals surface area (Å²) in [5.74, 6) is 0.775. The van der Waals surface area contributed by atoms with Crippen LogP contribution in [0.25, 0.3) is 0 Å². The van der Waals surface area contributed by atoms with Gasteiger partial charge in [0.2, 0.25) is 15.8 Å². The molecule has 0 amide bonds. The zero-order valence-electron chi connectivity index (χ0n) is 14.2. The van der Waals surface area contributed by atoms with E-state index < -0.39 is 20.6 Å². The standard InChI is InChI=1S/C17H19N3O5S/c1-13-6-9-19(10-7-13)26(23,24)15-4-5-17(16(11-15)20(21)22)25-14-3-2-8-18-12-14/h2-5,8,11-13H,6-7,9-10H2,1H3. The van der Waals surface area contributed by atoms with Crippen LogP contribution in [0.5, 0.6) is 11.5 Å². The van der Waals surface area contributed by atoms with Crippen LogP contribution in [0.4, 0.5) is 5.69 Å². The number of hydrogen-bond donors (Lipinski definition) is 0. The number of hydrogen-bond acceptors (Lipinski definition) is 6. The summed E-state index contributed by atoms with van der Waals surface area (Å²) >= 11 is 0. The van der Waals surface area contributed by atoms with Gasteiger partial charge in [0.05, 0.1) is 16.0 Å². The number of ether oxygens (including phenoxy) is 1. The van der Waals surface area contributed by atoms with Gasteiger partial charge in [-0.25, -0.2) is 8.42 Å². The molecule has 138 valence electrons. The summed E-state index contributed by atoms with van der Waals surface area (Å²) < 4.78 is 32.4. The number of rotatable bonds is 5. The molecule has 1 fully saturated rings. The third kappa shape index (κ3) is 3.83. The van der Waals surface area contributed by atoms with Crippen LogP contribution in [0.2, 0.25) is 0 Å². The minimum absolute atomic E-state index is 0.0331. The van der Waals surface area contributed by atoms with Gasteiger partial charge in [-0.05, 0) is 43.0 Å². The maximum Gasteiger partial charge on any atom is 0.312 e. The predicted octanol–water partition coefficient (Wildman–Crippen LogP) is 3.20. The first kappa shape index (κ1) is 18.3. The number of benzene rings is 1. The van der Waals surface area contributed by atoms with E-state index in [1.807, 2.05) is 0 Å². The first-order valence-electron chi connectivity index (χ1n) is 8.24. The van der Waals surface area contributed by atoms with E-state index in [1.165, 1.54) is 22.6 Å². The lowest BCUT2D eigenvalue weighted by Gasteiger charge is -2.29. The van der Waals surface area contributed by atoms with Gasteiger partial charge in [0, 0.05) is 25.4 Å². The van der Waals surface area contributed by atoms with Gasteiger partial charge in [-0.15, -0.1) is 0 Å². The summed E-state index contributed by atoms with van der Waals surface area (Å²) in [6.45, 7) is 2.93. The highest BCUT2D eigenvalue weighted by Gasteiger charge is 2.30. The van der Waals surface area contributed by atoms with Gasteiger partial charge in [0.25, 0.3) is 0 Å². The Hall–Kier alpha value is -2.52. The molecule has 1 aromatic carbocycles. The second-order valence-corrected chi connectivity index (χ2v) is 8.20. The van der Waals surface area contributed by atoms with E-state index in [0.717, 1.165) is 18.9 Å². The minimum atomic E-state index is -3.77. The van der Waals surface area contributed by atoms with Crippen LogP contribution in [0, 0.1) is 16.0 Å². The van der Waals surface area contributed by atoms with Crippen molar-refractivity contribution in [1.29, 1.82) is 0 Å². The van der Waals surface area contributed by atoms with Crippen LogP contribution in [-0.4, -0.2) is 35.7 Å². The molecular formula is C17H19N3O5S. The van der Waals surface area contributed by atoms with Gasteiger partial charge < -0.3 is 4.74 Å². The molecule has 2 aromatic rings. The highest BCUT2D eigenvalue weighted by molar-refractivity contribution is 7.89. The van der Waals surface area contributed by atoms with Crippen LogP contribution in [0.1, 0.15) is 19.8 Å². The molecule has 3 rings (SSSR count). The number of aromatic nitrogens is 1. The second-order valence-electron chi connectivity index (χ2n) is 6.26. The summed E-state index contributed by atoms with van der Waals surface area (Å²) in [5, 5.41) is 11.4. The molecule has 8 nitrogen and oxygen atoms in total. The molecule has 1 aliphatic rings. The Bertz CT molecular complexity index is 894. The third-order valence-corrected chi connectivity index (χ3v) is 6.26. The highest BCUT2D eigenvalue weighted by Crippen LogP contribution is 2.34. The molecule has 0 aliphatic carbocycles. The lowest BCUT2D eigenvalue weighted by molar-refractivity contribution is -0.385. The fraction of sp³-hybridized carbons (Fsp3) is 0.353. The van der Waals surface area contributed by atoms with Gasteiger partial charge in [-0.1, -0.05) is 6.92 Å². The quantitative estimate of drug-likeness (QED) is 0.585. The van der Waals surface area contributed by atoms with Gasteiger partial charge in [0.1, 0.15) is 5.75 Å². The van der Waals surface area contributed by atoms with Crippen LogP contribution in [0.3, 0.4) is 0 Å². The average molecular weight is 377 g/mol. The zero-order chi connectivity index (χ0) is 18.7. The second kappa shape index (κ2) is 7.38. The lowest BCUT2D eigenvalue weighted by atomic mass is 10.0. The van der Waals surface area contributed by atoms with Crippen molar-refractivity contribution in [2.45, 2.75) is 24.7 Å². The van der Waals surface area contributed by atoms with Gasteiger partial charge in [-0.2, -0.15) is 4.31 Å². The van der Waals surface area contributed by atoms with Crippen LogP contribution < -0.4 is 4.74 Å². The fourth-order valence-corrected chi connectivity index (χ4v) is 4.29. The maximum atomic E-state index is 12.8. The van der Waals surface area contributed by atoms with Crippen molar-refractivity contribution in [3.63, 3.8) is 0 Å². The topological polar surface area (TPSA) is 103 Å². The number of nitro benzene ring substituents is 1. The molecule has 0 saturated carbocycles. The number of pyridine rings is 1. The van der Waals surface area contributed by atoms with Crippen molar-refractivity contribution in [2.75, 3.05) is 13.1 Å². The molecule has 9 heteroatoms. The fourth-order valence-electron chi connectivity index (χ4n) is 2.80. The Labute approximate surface area is 151 Å². The van der Waals surface area contributed by atoms with E-state index in [4.69, 9.17) is 4.74 Å². The number of sulfonamides is 1. The molecule has 0 spiro atoms. The maximum absolute atomic E-state index is 12.8. The van der Waals surface area contributed by atoms with Crippen LogP contribution in [-0.2, 0) is 10.0 Å². The van der Waals surface area contributed by atoms with Crippen LogP contribution in [0.15, 0.2) is 47.6 Å². The molecule has 2 heterocycles. The van der Waals surface area contributed by atoms with Gasteiger partial charge in [-0.3, -0.25) is 15.1 Å². The molecule has 0 bridgehead atoms. The first-order valence-corrected chi connectivity index (χ1v) is 9.68. The van der Waals surface area contributed by atoms with E-state index in [9.17, 15) is 18.5 Å². The lowest BCUT2D eigenvalue weighted by Crippen LogP contribution is -2.37. The van der Waals surface area contributed by atoms with Crippen molar-refractivity contribution >= 4 is 15.7 Å². The van der Waals surface area contributed by atoms with Gasteiger partial charge in [0.15, 0.2) is 0 Å². The number of nitrogens with zero attached hydrogens (tertiary/aromatic N) is 3.